The highest BCUT2D eigenvalue weighted by Crippen LogP contribution is 2.34. The molecule has 0 unspecified atom stereocenters. The van der Waals surface area contributed by atoms with Crippen molar-refractivity contribution >= 4 is 42.7 Å². The van der Waals surface area contributed by atoms with Crippen LogP contribution < -0.4 is 0 Å². The van der Waals surface area contributed by atoms with Gasteiger partial charge in [-0.15, -0.1) is 42.7 Å². The van der Waals surface area contributed by atoms with Gasteiger partial charge < -0.3 is 0 Å². The van der Waals surface area contributed by atoms with E-state index in [4.69, 9.17) is 34.8 Å². The van der Waals surface area contributed by atoms with Crippen LogP contribution in [-0.2, 0) is 0 Å². The Balaban J connectivity index is 3.30. The van der Waals surface area contributed by atoms with Crippen molar-refractivity contribution in [2.45, 2.75) is 0 Å². The molecule has 0 saturated carbocycles. The van der Waals surface area contributed by atoms with Gasteiger partial charge in [-0.3, -0.25) is 0 Å². The normalized spacial score (nSPS) is 10.8. The van der Waals surface area contributed by atoms with Gasteiger partial charge in [0, 0.05) is 17.6 Å². The van der Waals surface area contributed by atoms with Crippen LogP contribution in [0.1, 0.15) is 0 Å². The first-order valence-electron chi connectivity index (χ1n) is 3.25. The zero-order chi connectivity index (χ0) is 7.82. The Hall–Kier alpha value is 1.30. The molecule has 0 aromatic carbocycles. The van der Waals surface area contributed by atoms with Crippen molar-refractivity contribution in [3.8, 4) is 0 Å². The van der Waals surface area contributed by atoms with E-state index in [2.05, 4.69) is 0 Å². The number of hydrogen-bond acceptors (Lipinski definition) is 0. The van der Waals surface area contributed by atoms with Crippen LogP contribution in [-0.4, -0.2) is 36.1 Å². The van der Waals surface area contributed by atoms with Gasteiger partial charge in [-0.05, 0) is 18.5 Å². The Bertz CT molecular complexity index is 55.7. The molecule has 0 bridgehead atoms. The summed E-state index contributed by atoms with van der Waals surface area (Å²) in [6.45, 7) is 0. The Kier molecular flexibility index (Phi) is 9.49. The molecule has 0 saturated heterocycles. The molecule has 0 N–H and O–H groups in total. The van der Waals surface area contributed by atoms with Crippen molar-refractivity contribution in [1.82, 2.24) is 0 Å². The van der Waals surface area contributed by atoms with Gasteiger partial charge in [-0.25, -0.2) is 0 Å². The van der Waals surface area contributed by atoms with E-state index in [-0.39, 0.29) is 7.92 Å². The predicted octanol–water partition coefficient (Wildman–Crippen LogP) is 3.18. The number of alkyl halides is 3. The van der Waals surface area contributed by atoms with Crippen molar-refractivity contribution in [2.75, 3.05) is 36.1 Å². The van der Waals surface area contributed by atoms with E-state index in [1.165, 1.54) is 0 Å². The van der Waals surface area contributed by atoms with E-state index in [0.717, 1.165) is 36.1 Å². The third-order valence-corrected chi connectivity index (χ3v) is 5.13. The molecule has 62 valence electrons. The molecule has 0 aliphatic rings. The lowest BCUT2D eigenvalue weighted by Gasteiger charge is -2.12. The smallest absolute Gasteiger partial charge is 0.0262 e. The van der Waals surface area contributed by atoms with Crippen LogP contribution >= 0.6 is 42.7 Å². The summed E-state index contributed by atoms with van der Waals surface area (Å²) in [4.78, 5) is 0. The first kappa shape index (κ1) is 11.3. The summed E-state index contributed by atoms with van der Waals surface area (Å²) >= 11 is 16.8. The third kappa shape index (κ3) is 6.04. The highest BCUT2D eigenvalue weighted by atomic mass is 35.5. The fraction of sp³-hybridized carbons (Fsp3) is 1.00. The topological polar surface area (TPSA) is 0 Å². The molecule has 0 aromatic rings. The lowest BCUT2D eigenvalue weighted by atomic mass is 10.9. The lowest BCUT2D eigenvalue weighted by Crippen LogP contribution is -1.98. The molecule has 0 aliphatic carbocycles. The van der Waals surface area contributed by atoms with Crippen molar-refractivity contribution in [3.05, 3.63) is 0 Å². The quantitative estimate of drug-likeness (QED) is 0.477. The Morgan fingerprint density at radius 3 is 1.20 bits per heavy atom. The van der Waals surface area contributed by atoms with E-state index in [0.29, 0.717) is 0 Å². The molecule has 10 heavy (non-hydrogen) atoms. The van der Waals surface area contributed by atoms with Gasteiger partial charge in [-0.2, -0.15) is 0 Å². The average Bonchev–Trinajstić information content (AvgIpc) is 1.90. The van der Waals surface area contributed by atoms with Gasteiger partial charge in [-0.1, -0.05) is 0 Å². The van der Waals surface area contributed by atoms with Gasteiger partial charge in [0.2, 0.25) is 0 Å². The SMILES string of the molecule is ClCCP(CCCl)CCCl. The molecule has 0 aliphatic heterocycles. The number of hydrogen-bond donors (Lipinski definition) is 0. The summed E-state index contributed by atoms with van der Waals surface area (Å²) in [5.41, 5.74) is 0. The first-order chi connectivity index (χ1) is 4.85. The maximum atomic E-state index is 5.60. The molecule has 4 heteroatoms. The van der Waals surface area contributed by atoms with Gasteiger partial charge in [0.05, 0.1) is 0 Å². The molecule has 0 aromatic heterocycles. The summed E-state index contributed by atoms with van der Waals surface area (Å²) < 4.78 is 0. The lowest BCUT2D eigenvalue weighted by molar-refractivity contribution is 1.36. The highest BCUT2D eigenvalue weighted by Gasteiger charge is 2.04. The summed E-state index contributed by atoms with van der Waals surface area (Å²) in [5, 5.41) is 0. The molecule has 0 fully saturated rings. The van der Waals surface area contributed by atoms with Crippen LogP contribution in [0.4, 0.5) is 0 Å². The largest absolute Gasteiger partial charge is 0.126 e. The minimum Gasteiger partial charge on any atom is -0.126 e. The summed E-state index contributed by atoms with van der Waals surface area (Å²) in [7, 11) is 0.0432. The fourth-order valence-corrected chi connectivity index (χ4v) is 4.23. The summed E-state index contributed by atoms with van der Waals surface area (Å²) in [5.74, 6) is 2.25. The molecule has 0 heterocycles. The third-order valence-electron chi connectivity index (χ3n) is 1.20. The van der Waals surface area contributed by atoms with Crippen LogP contribution in [0, 0.1) is 0 Å². The molecule has 0 amide bonds. The van der Waals surface area contributed by atoms with Crippen molar-refractivity contribution in [3.63, 3.8) is 0 Å². The fourth-order valence-electron chi connectivity index (χ4n) is 0.694. The number of halogens is 3. The maximum absolute atomic E-state index is 5.60. The second kappa shape index (κ2) is 8.40. The first-order valence-corrected chi connectivity index (χ1v) is 6.75. The van der Waals surface area contributed by atoms with Crippen LogP contribution in [0.15, 0.2) is 0 Å². The Morgan fingerprint density at radius 1 is 0.700 bits per heavy atom. The zero-order valence-corrected chi connectivity index (χ0v) is 8.99. The highest BCUT2D eigenvalue weighted by molar-refractivity contribution is 7.58. The molecule has 0 atom stereocenters. The average molecular weight is 221 g/mol. The minimum atomic E-state index is 0.0432. The maximum Gasteiger partial charge on any atom is 0.0262 e. The van der Waals surface area contributed by atoms with E-state index >= 15 is 0 Å². The van der Waals surface area contributed by atoms with E-state index in [1.807, 2.05) is 0 Å². The Labute approximate surface area is 79.0 Å². The van der Waals surface area contributed by atoms with Crippen LogP contribution in [0.3, 0.4) is 0 Å². The molecule has 0 rings (SSSR count). The van der Waals surface area contributed by atoms with Gasteiger partial charge in [0.15, 0.2) is 0 Å². The van der Waals surface area contributed by atoms with E-state index < -0.39 is 0 Å². The van der Waals surface area contributed by atoms with Crippen molar-refractivity contribution in [1.29, 1.82) is 0 Å². The van der Waals surface area contributed by atoms with Crippen LogP contribution in [0.2, 0.25) is 0 Å². The Morgan fingerprint density at radius 2 is 1.00 bits per heavy atom. The van der Waals surface area contributed by atoms with Crippen LogP contribution in [0.5, 0.6) is 0 Å². The predicted molar refractivity (Wildman–Crippen MR) is 53.7 cm³/mol. The molecular formula is C6H12Cl3P. The summed E-state index contributed by atoms with van der Waals surface area (Å²) in [6, 6.07) is 0. The van der Waals surface area contributed by atoms with Gasteiger partial charge >= 0.3 is 0 Å². The molecular weight excluding hydrogens is 209 g/mol. The van der Waals surface area contributed by atoms with Crippen molar-refractivity contribution in [2.24, 2.45) is 0 Å². The summed E-state index contributed by atoms with van der Waals surface area (Å²) in [6.07, 6.45) is 3.32. The monoisotopic (exact) mass is 220 g/mol. The number of rotatable bonds is 6. The second-order valence-electron chi connectivity index (χ2n) is 1.91. The zero-order valence-electron chi connectivity index (χ0n) is 5.82. The van der Waals surface area contributed by atoms with E-state index in [9.17, 15) is 0 Å². The van der Waals surface area contributed by atoms with Crippen LogP contribution in [0.25, 0.3) is 0 Å². The van der Waals surface area contributed by atoms with E-state index in [1.54, 1.807) is 0 Å². The molecule has 0 nitrogen and oxygen atoms in total. The molecule has 0 spiro atoms. The van der Waals surface area contributed by atoms with Gasteiger partial charge in [0.1, 0.15) is 0 Å². The second-order valence-corrected chi connectivity index (χ2v) is 5.73. The minimum absolute atomic E-state index is 0.0432. The standard InChI is InChI=1S/C6H12Cl3P/c7-1-4-10(5-2-8)6-3-9/h1-6H2. The van der Waals surface area contributed by atoms with Crippen molar-refractivity contribution < 1.29 is 0 Å². The van der Waals surface area contributed by atoms with Gasteiger partial charge in [0.25, 0.3) is 0 Å². The molecule has 0 radical (unpaired) electrons.